The molecule has 3 N–H and O–H groups in total. The summed E-state index contributed by atoms with van der Waals surface area (Å²) in [7, 11) is 5.56. The SMILES string of the molecule is COc1ccc(F)c2[nH]nc(CCN(C)C)c12.O=C(O)/C=C/C(=O)O. The third-order valence-corrected chi connectivity index (χ3v) is 3.09. The molecule has 1 heterocycles. The minimum Gasteiger partial charge on any atom is -0.496 e. The lowest BCUT2D eigenvalue weighted by Crippen LogP contribution is -2.15. The lowest BCUT2D eigenvalue weighted by molar-refractivity contribution is -0.134. The van der Waals surface area contributed by atoms with Crippen molar-refractivity contribution in [2.24, 2.45) is 0 Å². The largest absolute Gasteiger partial charge is 0.496 e. The Morgan fingerprint density at radius 2 is 1.88 bits per heavy atom. The monoisotopic (exact) mass is 353 g/mol. The summed E-state index contributed by atoms with van der Waals surface area (Å²) < 4.78 is 18.8. The summed E-state index contributed by atoms with van der Waals surface area (Å²) in [6, 6.07) is 3.02. The van der Waals surface area contributed by atoms with Gasteiger partial charge >= 0.3 is 11.9 Å². The first kappa shape index (κ1) is 20.1. The van der Waals surface area contributed by atoms with Gasteiger partial charge in [-0.25, -0.2) is 14.0 Å². The van der Waals surface area contributed by atoms with Gasteiger partial charge in [0.25, 0.3) is 0 Å². The molecule has 0 spiro atoms. The van der Waals surface area contributed by atoms with E-state index >= 15 is 0 Å². The van der Waals surface area contributed by atoms with E-state index in [-0.39, 0.29) is 5.82 Å². The van der Waals surface area contributed by atoms with Crippen molar-refractivity contribution in [2.75, 3.05) is 27.7 Å². The Morgan fingerprint density at radius 1 is 1.28 bits per heavy atom. The van der Waals surface area contributed by atoms with E-state index in [1.165, 1.54) is 6.07 Å². The van der Waals surface area contributed by atoms with Gasteiger partial charge in [0, 0.05) is 25.1 Å². The average molecular weight is 353 g/mol. The molecular weight excluding hydrogens is 333 g/mol. The van der Waals surface area contributed by atoms with Crippen molar-refractivity contribution in [2.45, 2.75) is 6.42 Å². The minimum atomic E-state index is -1.26. The number of hydrogen-bond donors (Lipinski definition) is 3. The number of fused-ring (bicyclic) bond motifs is 1. The number of aromatic amines is 1. The Morgan fingerprint density at radius 3 is 2.36 bits per heavy atom. The molecule has 0 fully saturated rings. The third-order valence-electron chi connectivity index (χ3n) is 3.09. The zero-order chi connectivity index (χ0) is 19.0. The Hall–Kier alpha value is -2.94. The van der Waals surface area contributed by atoms with E-state index in [1.54, 1.807) is 13.2 Å². The average Bonchev–Trinajstić information content (AvgIpc) is 2.97. The van der Waals surface area contributed by atoms with Gasteiger partial charge in [-0.2, -0.15) is 5.10 Å². The molecule has 1 aromatic heterocycles. The number of rotatable bonds is 6. The normalized spacial score (nSPS) is 10.8. The summed E-state index contributed by atoms with van der Waals surface area (Å²) in [6.45, 7) is 0.861. The van der Waals surface area contributed by atoms with Gasteiger partial charge < -0.3 is 19.8 Å². The van der Waals surface area contributed by atoms with Crippen LogP contribution in [0, 0.1) is 5.82 Å². The van der Waals surface area contributed by atoms with Crippen LogP contribution in [0.3, 0.4) is 0 Å². The van der Waals surface area contributed by atoms with Gasteiger partial charge in [0.2, 0.25) is 0 Å². The maximum absolute atomic E-state index is 13.6. The van der Waals surface area contributed by atoms with Gasteiger partial charge in [-0.15, -0.1) is 0 Å². The van der Waals surface area contributed by atoms with E-state index in [0.29, 0.717) is 23.4 Å². The Kier molecular flexibility index (Phi) is 7.54. The molecular formula is C16H20FN3O5. The van der Waals surface area contributed by atoms with Crippen LogP contribution in [0.15, 0.2) is 24.3 Å². The quantitative estimate of drug-likeness (QED) is 0.674. The van der Waals surface area contributed by atoms with Crippen molar-refractivity contribution < 1.29 is 28.9 Å². The second-order valence-electron chi connectivity index (χ2n) is 5.23. The molecule has 0 aliphatic carbocycles. The van der Waals surface area contributed by atoms with E-state index in [0.717, 1.165) is 24.0 Å². The van der Waals surface area contributed by atoms with Crippen LogP contribution in [0.25, 0.3) is 10.9 Å². The molecule has 0 saturated heterocycles. The Bertz CT molecular complexity index is 754. The number of nitrogens with zero attached hydrogens (tertiary/aromatic N) is 2. The highest BCUT2D eigenvalue weighted by molar-refractivity contribution is 5.89. The van der Waals surface area contributed by atoms with Crippen LogP contribution in [0.4, 0.5) is 4.39 Å². The number of benzene rings is 1. The first-order chi connectivity index (χ1) is 11.8. The molecule has 0 aliphatic heterocycles. The molecule has 0 saturated carbocycles. The van der Waals surface area contributed by atoms with E-state index in [2.05, 4.69) is 15.1 Å². The number of aromatic nitrogens is 2. The van der Waals surface area contributed by atoms with E-state index in [4.69, 9.17) is 14.9 Å². The fourth-order valence-electron chi connectivity index (χ4n) is 1.96. The maximum atomic E-state index is 13.6. The number of ether oxygens (including phenoxy) is 1. The van der Waals surface area contributed by atoms with Crippen LogP contribution in [-0.4, -0.2) is 65.0 Å². The molecule has 1 aromatic carbocycles. The summed E-state index contributed by atoms with van der Waals surface area (Å²) >= 11 is 0. The van der Waals surface area contributed by atoms with Crippen molar-refractivity contribution in [3.8, 4) is 5.75 Å². The van der Waals surface area contributed by atoms with Gasteiger partial charge in [0.15, 0.2) is 0 Å². The number of carbonyl (C=O) groups is 2. The molecule has 0 unspecified atom stereocenters. The minimum absolute atomic E-state index is 0.301. The number of carboxylic acid groups (broad SMARTS) is 2. The van der Waals surface area contributed by atoms with Gasteiger partial charge in [0.1, 0.15) is 17.1 Å². The first-order valence-corrected chi connectivity index (χ1v) is 7.24. The molecule has 0 bridgehead atoms. The molecule has 8 nitrogen and oxygen atoms in total. The third kappa shape index (κ3) is 6.22. The fourth-order valence-corrected chi connectivity index (χ4v) is 1.96. The van der Waals surface area contributed by atoms with Crippen molar-refractivity contribution >= 4 is 22.8 Å². The number of hydrogen-bond acceptors (Lipinski definition) is 5. The zero-order valence-corrected chi connectivity index (χ0v) is 14.1. The number of likely N-dealkylation sites (N-methyl/N-ethyl adjacent to an activating group) is 1. The second-order valence-corrected chi connectivity index (χ2v) is 5.23. The fraction of sp³-hybridized carbons (Fsp3) is 0.312. The van der Waals surface area contributed by atoms with Crippen molar-refractivity contribution in [3.05, 3.63) is 35.8 Å². The van der Waals surface area contributed by atoms with Crippen LogP contribution in [0.1, 0.15) is 5.69 Å². The van der Waals surface area contributed by atoms with E-state index in [1.807, 2.05) is 14.1 Å². The second kappa shape index (κ2) is 9.38. The number of carboxylic acids is 2. The highest BCUT2D eigenvalue weighted by Crippen LogP contribution is 2.29. The van der Waals surface area contributed by atoms with Crippen LogP contribution in [-0.2, 0) is 16.0 Å². The summed E-state index contributed by atoms with van der Waals surface area (Å²) in [4.78, 5) is 21.2. The Balaban J connectivity index is 0.000000333. The van der Waals surface area contributed by atoms with Crippen molar-refractivity contribution in [1.29, 1.82) is 0 Å². The standard InChI is InChI=1S/C12H16FN3O.C4H4O4/c1-16(2)7-6-9-11-10(17-3)5-4-8(13)12(11)15-14-9;5-3(6)1-2-4(7)8/h4-5H,6-7H2,1-3H3,(H,14,15);1-2H,(H,5,6)(H,7,8)/b;2-1+. The first-order valence-electron chi connectivity index (χ1n) is 7.24. The molecule has 25 heavy (non-hydrogen) atoms. The number of aliphatic carboxylic acids is 2. The number of H-pyrrole nitrogens is 1. The molecule has 9 heteroatoms. The van der Waals surface area contributed by atoms with Crippen LogP contribution >= 0.6 is 0 Å². The topological polar surface area (TPSA) is 116 Å². The van der Waals surface area contributed by atoms with Gasteiger partial charge in [0.05, 0.1) is 18.2 Å². The molecule has 0 radical (unpaired) electrons. The summed E-state index contributed by atoms with van der Waals surface area (Å²) in [5.74, 6) is -2.16. The van der Waals surface area contributed by atoms with E-state index < -0.39 is 11.9 Å². The van der Waals surface area contributed by atoms with Gasteiger partial charge in [-0.1, -0.05) is 0 Å². The van der Waals surface area contributed by atoms with Gasteiger partial charge in [-0.05, 0) is 26.2 Å². The number of halogens is 1. The molecule has 136 valence electrons. The van der Waals surface area contributed by atoms with E-state index in [9.17, 15) is 14.0 Å². The van der Waals surface area contributed by atoms with Crippen molar-refractivity contribution in [3.63, 3.8) is 0 Å². The summed E-state index contributed by atoms with van der Waals surface area (Å²) in [6.07, 6.45) is 1.87. The summed E-state index contributed by atoms with van der Waals surface area (Å²) in [5.41, 5.74) is 1.25. The lowest BCUT2D eigenvalue weighted by Gasteiger charge is -2.08. The predicted octanol–water partition coefficient (Wildman–Crippen LogP) is 1.53. The number of nitrogens with one attached hydrogen (secondary N) is 1. The summed E-state index contributed by atoms with van der Waals surface area (Å²) in [5, 5.41) is 23.3. The van der Waals surface area contributed by atoms with Crippen molar-refractivity contribution in [1.82, 2.24) is 15.1 Å². The molecule has 0 amide bonds. The molecule has 0 aliphatic rings. The molecule has 2 aromatic rings. The van der Waals surface area contributed by atoms with Crippen LogP contribution in [0.2, 0.25) is 0 Å². The maximum Gasteiger partial charge on any atom is 0.328 e. The molecule has 0 atom stereocenters. The lowest BCUT2D eigenvalue weighted by atomic mass is 10.1. The zero-order valence-electron chi connectivity index (χ0n) is 14.1. The van der Waals surface area contributed by atoms with Crippen LogP contribution in [0.5, 0.6) is 5.75 Å². The Labute approximate surface area is 143 Å². The van der Waals surface area contributed by atoms with Crippen LogP contribution < -0.4 is 4.74 Å². The van der Waals surface area contributed by atoms with Gasteiger partial charge in [-0.3, -0.25) is 5.10 Å². The predicted molar refractivity (Wildman–Crippen MR) is 89.3 cm³/mol. The smallest absolute Gasteiger partial charge is 0.328 e. The number of methoxy groups -OCH3 is 1. The molecule has 2 rings (SSSR count). The highest BCUT2D eigenvalue weighted by atomic mass is 19.1. The highest BCUT2D eigenvalue weighted by Gasteiger charge is 2.14.